The summed E-state index contributed by atoms with van der Waals surface area (Å²) in [6, 6.07) is 4.88. The van der Waals surface area contributed by atoms with E-state index in [4.69, 9.17) is 23.2 Å². The van der Waals surface area contributed by atoms with E-state index in [2.05, 4.69) is 26.3 Å². The van der Waals surface area contributed by atoms with Gasteiger partial charge in [0.05, 0.1) is 0 Å². The number of hydrazine groups is 1. The highest BCUT2D eigenvalue weighted by atomic mass is 35.5. The Morgan fingerprint density at radius 1 is 1.17 bits per heavy atom. The number of amides is 2. The molecule has 8 nitrogen and oxygen atoms in total. The molecule has 1 fully saturated rings. The van der Waals surface area contributed by atoms with E-state index in [1.54, 1.807) is 18.2 Å². The Bertz CT molecular complexity index is 738. The van der Waals surface area contributed by atoms with E-state index in [0.29, 0.717) is 21.4 Å². The summed E-state index contributed by atoms with van der Waals surface area (Å²) in [5.74, 6) is -0.325. The second kappa shape index (κ2) is 6.51. The van der Waals surface area contributed by atoms with Gasteiger partial charge < -0.3 is 0 Å². The van der Waals surface area contributed by atoms with E-state index >= 15 is 0 Å². The van der Waals surface area contributed by atoms with Crippen LogP contribution in [0.3, 0.4) is 0 Å². The third-order valence-electron chi connectivity index (χ3n) is 3.13. The SMILES string of the molecule is O=C(Cn1nnc(-c2cc(Cl)cc(Cl)c2)n1)NNC(=O)C1CC1. The highest BCUT2D eigenvalue weighted by molar-refractivity contribution is 6.35. The second-order valence-corrected chi connectivity index (χ2v) is 5.99. The summed E-state index contributed by atoms with van der Waals surface area (Å²) in [6.45, 7) is -0.174. The number of carbonyl (C=O) groups is 2. The predicted octanol–water partition coefficient (Wildman–Crippen LogP) is 1.20. The zero-order valence-corrected chi connectivity index (χ0v) is 13.3. The van der Waals surface area contributed by atoms with Crippen LogP contribution in [0.15, 0.2) is 18.2 Å². The van der Waals surface area contributed by atoms with Gasteiger partial charge in [0.1, 0.15) is 6.54 Å². The largest absolute Gasteiger partial charge is 0.273 e. The molecule has 0 bridgehead atoms. The van der Waals surface area contributed by atoms with Gasteiger partial charge >= 0.3 is 0 Å². The fourth-order valence-electron chi connectivity index (χ4n) is 1.86. The molecular weight excluding hydrogens is 343 g/mol. The predicted molar refractivity (Wildman–Crippen MR) is 82.3 cm³/mol. The van der Waals surface area contributed by atoms with Crippen molar-refractivity contribution in [2.45, 2.75) is 19.4 Å². The van der Waals surface area contributed by atoms with Gasteiger partial charge in [-0.2, -0.15) is 4.80 Å². The summed E-state index contributed by atoms with van der Waals surface area (Å²) >= 11 is 11.8. The fraction of sp³-hybridized carbons (Fsp3) is 0.308. The van der Waals surface area contributed by atoms with Crippen molar-refractivity contribution in [1.29, 1.82) is 0 Å². The molecule has 0 atom stereocenters. The maximum atomic E-state index is 11.7. The number of hydrogen-bond acceptors (Lipinski definition) is 5. The molecule has 0 unspecified atom stereocenters. The molecule has 0 saturated heterocycles. The van der Waals surface area contributed by atoms with E-state index in [1.165, 1.54) is 0 Å². The number of hydrogen-bond donors (Lipinski definition) is 2. The van der Waals surface area contributed by atoms with Crippen molar-refractivity contribution in [2.75, 3.05) is 0 Å². The van der Waals surface area contributed by atoms with E-state index in [9.17, 15) is 9.59 Å². The summed E-state index contributed by atoms with van der Waals surface area (Å²) in [5.41, 5.74) is 5.26. The molecule has 120 valence electrons. The first-order valence-electron chi connectivity index (χ1n) is 6.84. The Morgan fingerprint density at radius 3 is 2.52 bits per heavy atom. The Morgan fingerprint density at radius 2 is 1.87 bits per heavy atom. The van der Waals surface area contributed by atoms with Crippen LogP contribution < -0.4 is 10.9 Å². The molecule has 2 amide bonds. The monoisotopic (exact) mass is 354 g/mol. The minimum absolute atomic E-state index is 0.0129. The first-order chi connectivity index (χ1) is 11.0. The molecule has 10 heteroatoms. The van der Waals surface area contributed by atoms with Crippen molar-refractivity contribution in [1.82, 2.24) is 31.1 Å². The van der Waals surface area contributed by atoms with Gasteiger partial charge in [0.15, 0.2) is 0 Å². The molecule has 0 radical (unpaired) electrons. The van der Waals surface area contributed by atoms with Crippen LogP contribution in [0.2, 0.25) is 10.0 Å². The highest BCUT2D eigenvalue weighted by Gasteiger charge is 2.29. The molecule has 0 aliphatic heterocycles. The lowest BCUT2D eigenvalue weighted by Gasteiger charge is -2.05. The van der Waals surface area contributed by atoms with Gasteiger partial charge in [-0.05, 0) is 36.3 Å². The summed E-state index contributed by atoms with van der Waals surface area (Å²) in [6.07, 6.45) is 1.72. The molecule has 1 aromatic carbocycles. The molecule has 2 aromatic rings. The average Bonchev–Trinajstić information content (AvgIpc) is 3.24. The van der Waals surface area contributed by atoms with Crippen LogP contribution >= 0.6 is 23.2 Å². The molecule has 3 rings (SSSR count). The molecule has 23 heavy (non-hydrogen) atoms. The summed E-state index contributed by atoms with van der Waals surface area (Å²) in [4.78, 5) is 24.2. The zero-order valence-electron chi connectivity index (χ0n) is 11.8. The summed E-state index contributed by atoms with van der Waals surface area (Å²) in [7, 11) is 0. The summed E-state index contributed by atoms with van der Waals surface area (Å²) < 4.78 is 0. The van der Waals surface area contributed by atoms with Crippen molar-refractivity contribution in [3.8, 4) is 11.4 Å². The van der Waals surface area contributed by atoms with E-state index in [1.807, 2.05) is 0 Å². The third-order valence-corrected chi connectivity index (χ3v) is 3.57. The smallest absolute Gasteiger partial charge is 0.262 e. The van der Waals surface area contributed by atoms with Gasteiger partial charge in [-0.15, -0.1) is 10.2 Å². The third kappa shape index (κ3) is 4.17. The lowest BCUT2D eigenvalue weighted by molar-refractivity contribution is -0.130. The number of tetrazole rings is 1. The van der Waals surface area contributed by atoms with Crippen LogP contribution in [-0.2, 0) is 16.1 Å². The number of nitrogens with zero attached hydrogens (tertiary/aromatic N) is 4. The number of benzene rings is 1. The van der Waals surface area contributed by atoms with Crippen LogP contribution in [0, 0.1) is 5.92 Å². The van der Waals surface area contributed by atoms with Gasteiger partial charge in [-0.25, -0.2) is 0 Å². The number of nitrogens with one attached hydrogen (secondary N) is 2. The number of carbonyl (C=O) groups excluding carboxylic acids is 2. The van der Waals surface area contributed by atoms with E-state index in [-0.39, 0.29) is 18.4 Å². The van der Waals surface area contributed by atoms with Crippen molar-refractivity contribution < 1.29 is 9.59 Å². The van der Waals surface area contributed by atoms with E-state index < -0.39 is 5.91 Å². The topological polar surface area (TPSA) is 102 Å². The Hall–Kier alpha value is -2.19. The van der Waals surface area contributed by atoms with Gasteiger partial charge in [-0.1, -0.05) is 23.2 Å². The number of aromatic nitrogens is 4. The number of rotatable bonds is 4. The minimum Gasteiger partial charge on any atom is -0.273 e. The molecular formula is C13H12Cl2N6O2. The quantitative estimate of drug-likeness (QED) is 0.803. The molecule has 1 heterocycles. The molecule has 1 aliphatic carbocycles. The fourth-order valence-corrected chi connectivity index (χ4v) is 2.38. The molecule has 1 aromatic heterocycles. The Balaban J connectivity index is 1.60. The van der Waals surface area contributed by atoms with E-state index in [0.717, 1.165) is 17.6 Å². The minimum atomic E-state index is -0.452. The second-order valence-electron chi connectivity index (χ2n) is 5.11. The average molecular weight is 355 g/mol. The first kappa shape index (κ1) is 15.7. The zero-order chi connectivity index (χ0) is 16.4. The van der Waals surface area contributed by atoms with Crippen molar-refractivity contribution >= 4 is 35.0 Å². The maximum Gasteiger partial charge on any atom is 0.262 e. The van der Waals surface area contributed by atoms with Crippen LogP contribution in [-0.4, -0.2) is 32.0 Å². The molecule has 1 saturated carbocycles. The van der Waals surface area contributed by atoms with Crippen LogP contribution in [0.25, 0.3) is 11.4 Å². The lowest BCUT2D eigenvalue weighted by atomic mass is 10.2. The normalized spacial score (nSPS) is 13.7. The summed E-state index contributed by atoms with van der Waals surface area (Å²) in [5, 5.41) is 12.6. The van der Waals surface area contributed by atoms with Crippen LogP contribution in [0.1, 0.15) is 12.8 Å². The lowest BCUT2D eigenvalue weighted by Crippen LogP contribution is -2.44. The van der Waals surface area contributed by atoms with Crippen molar-refractivity contribution in [2.24, 2.45) is 5.92 Å². The van der Waals surface area contributed by atoms with Crippen LogP contribution in [0.5, 0.6) is 0 Å². The standard InChI is InChI=1S/C13H12Cl2N6O2/c14-9-3-8(4-10(15)5-9)12-17-20-21(19-12)6-11(22)16-18-13(23)7-1-2-7/h3-5,7H,1-2,6H2,(H,16,22)(H,18,23). The molecule has 1 aliphatic rings. The van der Waals surface area contributed by atoms with Gasteiger partial charge in [0, 0.05) is 21.5 Å². The Kier molecular flexibility index (Phi) is 4.44. The van der Waals surface area contributed by atoms with Gasteiger partial charge in [0.2, 0.25) is 11.7 Å². The van der Waals surface area contributed by atoms with Crippen LogP contribution in [0.4, 0.5) is 0 Å². The van der Waals surface area contributed by atoms with Gasteiger partial charge in [0.25, 0.3) is 5.91 Å². The Labute approximate surface area is 141 Å². The molecule has 2 N–H and O–H groups in total. The van der Waals surface area contributed by atoms with Gasteiger partial charge in [-0.3, -0.25) is 20.4 Å². The number of halogens is 2. The molecule has 0 spiro atoms. The van der Waals surface area contributed by atoms with Crippen molar-refractivity contribution in [3.63, 3.8) is 0 Å². The first-order valence-corrected chi connectivity index (χ1v) is 7.60. The highest BCUT2D eigenvalue weighted by Crippen LogP contribution is 2.28. The van der Waals surface area contributed by atoms with Crippen molar-refractivity contribution in [3.05, 3.63) is 28.2 Å². The maximum absolute atomic E-state index is 11.7.